The summed E-state index contributed by atoms with van der Waals surface area (Å²) >= 11 is 0. The van der Waals surface area contributed by atoms with Crippen molar-refractivity contribution in [2.75, 3.05) is 18.0 Å². The largest absolute Gasteiger partial charge is 0.354 e. The molecule has 2 atom stereocenters. The molecule has 1 fully saturated rings. The van der Waals surface area contributed by atoms with Crippen LogP contribution in [-0.4, -0.2) is 24.1 Å². The predicted octanol–water partition coefficient (Wildman–Crippen LogP) is 3.12. The van der Waals surface area contributed by atoms with E-state index < -0.39 is 0 Å². The number of rotatable bonds is 4. The minimum absolute atomic E-state index is 0.609. The van der Waals surface area contributed by atoms with Crippen molar-refractivity contribution in [1.29, 1.82) is 0 Å². The van der Waals surface area contributed by atoms with Crippen LogP contribution in [0.2, 0.25) is 0 Å². The lowest BCUT2D eigenvalue weighted by molar-refractivity contribution is 0.388. The summed E-state index contributed by atoms with van der Waals surface area (Å²) in [5.41, 5.74) is 2.46. The summed E-state index contributed by atoms with van der Waals surface area (Å²) in [6.07, 6.45) is 2.62. The van der Waals surface area contributed by atoms with Crippen LogP contribution in [0, 0.1) is 12.8 Å². The fourth-order valence-corrected chi connectivity index (χ4v) is 2.85. The summed E-state index contributed by atoms with van der Waals surface area (Å²) in [5.74, 6) is 1.93. The minimum Gasteiger partial charge on any atom is -0.354 e. The lowest BCUT2D eigenvalue weighted by Gasteiger charge is -2.38. The Morgan fingerprint density at radius 1 is 1.32 bits per heavy atom. The van der Waals surface area contributed by atoms with Crippen molar-refractivity contribution in [3.8, 4) is 0 Å². The highest BCUT2D eigenvalue weighted by molar-refractivity contribution is 5.44. The zero-order chi connectivity index (χ0) is 13.8. The highest BCUT2D eigenvalue weighted by Gasteiger charge is 2.24. The van der Waals surface area contributed by atoms with Gasteiger partial charge in [0.25, 0.3) is 0 Å². The molecule has 1 aliphatic rings. The molecule has 3 heteroatoms. The number of aryl methyl sites for hydroxylation is 1. The van der Waals surface area contributed by atoms with Gasteiger partial charge in [0.15, 0.2) is 0 Å². The van der Waals surface area contributed by atoms with Gasteiger partial charge in [0.1, 0.15) is 5.82 Å². The molecular formula is C16H27N3. The van der Waals surface area contributed by atoms with Gasteiger partial charge in [-0.05, 0) is 56.8 Å². The second kappa shape index (κ2) is 6.38. The molecule has 3 nitrogen and oxygen atoms in total. The molecule has 2 unspecified atom stereocenters. The molecule has 0 aromatic carbocycles. The molecule has 19 heavy (non-hydrogen) atoms. The number of anilines is 1. The lowest BCUT2D eigenvalue weighted by Crippen LogP contribution is -2.41. The van der Waals surface area contributed by atoms with Gasteiger partial charge in [-0.25, -0.2) is 4.98 Å². The standard InChI is InChI=1S/C16H27N3/c1-5-17-10-15-8-13(3)18-16(9-15)19-11-12(2)6-7-14(19)4/h8-9,12,14,17H,5-7,10-11H2,1-4H3. The van der Waals surface area contributed by atoms with Crippen LogP contribution in [0.25, 0.3) is 0 Å². The van der Waals surface area contributed by atoms with Gasteiger partial charge in [0.05, 0.1) is 0 Å². The number of hydrogen-bond acceptors (Lipinski definition) is 3. The summed E-state index contributed by atoms with van der Waals surface area (Å²) in [6, 6.07) is 5.05. The summed E-state index contributed by atoms with van der Waals surface area (Å²) in [7, 11) is 0. The number of pyridine rings is 1. The van der Waals surface area contributed by atoms with Gasteiger partial charge in [-0.3, -0.25) is 0 Å². The van der Waals surface area contributed by atoms with Crippen LogP contribution in [0.5, 0.6) is 0 Å². The van der Waals surface area contributed by atoms with Crippen molar-refractivity contribution >= 4 is 5.82 Å². The van der Waals surface area contributed by atoms with Crippen LogP contribution in [0.3, 0.4) is 0 Å². The van der Waals surface area contributed by atoms with Crippen molar-refractivity contribution in [2.24, 2.45) is 5.92 Å². The second-order valence-electron chi connectivity index (χ2n) is 5.94. The minimum atomic E-state index is 0.609. The highest BCUT2D eigenvalue weighted by atomic mass is 15.2. The van der Waals surface area contributed by atoms with Crippen LogP contribution >= 0.6 is 0 Å². The molecule has 1 N–H and O–H groups in total. The molecule has 2 rings (SSSR count). The molecule has 0 saturated carbocycles. The van der Waals surface area contributed by atoms with Gasteiger partial charge in [-0.2, -0.15) is 0 Å². The summed E-state index contributed by atoms with van der Waals surface area (Å²) < 4.78 is 0. The van der Waals surface area contributed by atoms with E-state index in [1.165, 1.54) is 18.4 Å². The Balaban J connectivity index is 2.20. The van der Waals surface area contributed by atoms with Crippen molar-refractivity contribution < 1.29 is 0 Å². The Morgan fingerprint density at radius 3 is 2.84 bits per heavy atom. The fourth-order valence-electron chi connectivity index (χ4n) is 2.85. The van der Waals surface area contributed by atoms with Crippen LogP contribution in [-0.2, 0) is 6.54 Å². The van der Waals surface area contributed by atoms with Gasteiger partial charge >= 0.3 is 0 Å². The van der Waals surface area contributed by atoms with Crippen LogP contribution < -0.4 is 10.2 Å². The van der Waals surface area contributed by atoms with E-state index in [1.54, 1.807) is 0 Å². The first-order chi connectivity index (χ1) is 9.10. The van der Waals surface area contributed by atoms with E-state index in [0.29, 0.717) is 6.04 Å². The SMILES string of the molecule is CCNCc1cc(C)nc(N2CC(C)CCC2C)c1. The molecule has 0 aliphatic carbocycles. The highest BCUT2D eigenvalue weighted by Crippen LogP contribution is 2.27. The number of nitrogens with one attached hydrogen (secondary N) is 1. The van der Waals surface area contributed by atoms with E-state index in [0.717, 1.165) is 37.1 Å². The number of aromatic nitrogens is 1. The van der Waals surface area contributed by atoms with Gasteiger partial charge in [-0.15, -0.1) is 0 Å². The molecule has 2 heterocycles. The Labute approximate surface area is 117 Å². The third-order valence-electron chi connectivity index (χ3n) is 3.99. The number of piperidine rings is 1. The molecule has 1 aromatic heterocycles. The van der Waals surface area contributed by atoms with Crippen LogP contribution in [0.4, 0.5) is 5.82 Å². The quantitative estimate of drug-likeness (QED) is 0.902. The van der Waals surface area contributed by atoms with Crippen molar-refractivity contribution in [2.45, 2.75) is 53.1 Å². The summed E-state index contributed by atoms with van der Waals surface area (Å²) in [5, 5.41) is 3.40. The molecule has 1 saturated heterocycles. The van der Waals surface area contributed by atoms with E-state index in [9.17, 15) is 0 Å². The summed E-state index contributed by atoms with van der Waals surface area (Å²) in [4.78, 5) is 7.23. The fraction of sp³-hybridized carbons (Fsp3) is 0.688. The first kappa shape index (κ1) is 14.3. The summed E-state index contributed by atoms with van der Waals surface area (Å²) in [6.45, 7) is 12.0. The maximum Gasteiger partial charge on any atom is 0.129 e. The average Bonchev–Trinajstić information content (AvgIpc) is 2.38. The van der Waals surface area contributed by atoms with Gasteiger partial charge in [0, 0.05) is 24.8 Å². The Hall–Kier alpha value is -1.09. The van der Waals surface area contributed by atoms with Gasteiger partial charge in [-0.1, -0.05) is 13.8 Å². The topological polar surface area (TPSA) is 28.2 Å². The Morgan fingerprint density at radius 2 is 2.11 bits per heavy atom. The van der Waals surface area contributed by atoms with E-state index in [-0.39, 0.29) is 0 Å². The van der Waals surface area contributed by atoms with Gasteiger partial charge in [0.2, 0.25) is 0 Å². The number of hydrogen-bond donors (Lipinski definition) is 1. The van der Waals surface area contributed by atoms with Crippen molar-refractivity contribution in [3.05, 3.63) is 23.4 Å². The van der Waals surface area contributed by atoms with Crippen LogP contribution in [0.1, 0.15) is 44.9 Å². The van der Waals surface area contributed by atoms with E-state index in [2.05, 4.69) is 50.0 Å². The third kappa shape index (κ3) is 3.69. The Bertz CT molecular complexity index is 416. The molecule has 106 valence electrons. The average molecular weight is 261 g/mol. The first-order valence-electron chi connectivity index (χ1n) is 7.55. The third-order valence-corrected chi connectivity index (χ3v) is 3.99. The van der Waals surface area contributed by atoms with Crippen LogP contribution in [0.15, 0.2) is 12.1 Å². The molecular weight excluding hydrogens is 234 g/mol. The molecule has 0 amide bonds. The molecule has 1 aromatic rings. The Kier molecular flexibility index (Phi) is 4.81. The monoisotopic (exact) mass is 261 g/mol. The zero-order valence-electron chi connectivity index (χ0n) is 12.7. The normalized spacial score (nSPS) is 23.7. The molecule has 1 aliphatic heterocycles. The maximum atomic E-state index is 4.75. The van der Waals surface area contributed by atoms with E-state index >= 15 is 0 Å². The molecule has 0 radical (unpaired) electrons. The van der Waals surface area contributed by atoms with E-state index in [1.807, 2.05) is 0 Å². The maximum absolute atomic E-state index is 4.75. The predicted molar refractivity (Wildman–Crippen MR) is 81.6 cm³/mol. The number of nitrogens with zero attached hydrogens (tertiary/aromatic N) is 2. The zero-order valence-corrected chi connectivity index (χ0v) is 12.7. The van der Waals surface area contributed by atoms with E-state index in [4.69, 9.17) is 4.98 Å². The van der Waals surface area contributed by atoms with Crippen molar-refractivity contribution in [3.63, 3.8) is 0 Å². The molecule has 0 bridgehead atoms. The lowest BCUT2D eigenvalue weighted by atomic mass is 9.95. The first-order valence-corrected chi connectivity index (χ1v) is 7.55. The van der Waals surface area contributed by atoms with Gasteiger partial charge < -0.3 is 10.2 Å². The molecule has 0 spiro atoms. The smallest absolute Gasteiger partial charge is 0.129 e. The second-order valence-corrected chi connectivity index (χ2v) is 5.94. The van der Waals surface area contributed by atoms with Crippen molar-refractivity contribution in [1.82, 2.24) is 10.3 Å².